The van der Waals surface area contributed by atoms with Crippen LogP contribution in [0.25, 0.3) is 0 Å². The van der Waals surface area contributed by atoms with Crippen LogP contribution in [0.5, 0.6) is 5.75 Å². The van der Waals surface area contributed by atoms with E-state index in [-0.39, 0.29) is 12.5 Å². The highest BCUT2D eigenvalue weighted by molar-refractivity contribution is 6.70. The van der Waals surface area contributed by atoms with Gasteiger partial charge >= 0.3 is 0 Å². The molecule has 3 heterocycles. The summed E-state index contributed by atoms with van der Waals surface area (Å²) in [6, 6.07) is 0. The van der Waals surface area contributed by atoms with Crippen molar-refractivity contribution in [1.29, 1.82) is 5.26 Å². The molecule has 2 fully saturated rings. The molecule has 1 N–H and O–H groups in total. The lowest BCUT2D eigenvalue weighted by Crippen LogP contribution is -2.53. The van der Waals surface area contributed by atoms with Crippen LogP contribution >= 0.6 is 0 Å². The topological polar surface area (TPSA) is 73.0 Å². The summed E-state index contributed by atoms with van der Waals surface area (Å²) < 4.78 is 0. The Bertz CT molecular complexity index is 478. The second-order valence-corrected chi connectivity index (χ2v) is 5.50. The van der Waals surface area contributed by atoms with Crippen LogP contribution in [-0.2, 0) is 0 Å². The molecule has 0 amide bonds. The fraction of sp³-hybridized carbons (Fsp3) is 0.583. The summed E-state index contributed by atoms with van der Waals surface area (Å²) in [6.45, 7) is 2.14. The Labute approximate surface area is 107 Å². The first-order valence-corrected chi connectivity index (χ1v) is 6.36. The molecule has 1 spiro atoms. The lowest BCUT2D eigenvalue weighted by atomic mass is 9.26. The van der Waals surface area contributed by atoms with Gasteiger partial charge in [-0.2, -0.15) is 0 Å². The summed E-state index contributed by atoms with van der Waals surface area (Å²) in [4.78, 5) is 10.5. The highest BCUT2D eigenvalue weighted by atomic mass is 16.3. The van der Waals surface area contributed by atoms with Gasteiger partial charge in [0.1, 0.15) is 0 Å². The molecule has 2 saturated heterocycles. The lowest BCUT2D eigenvalue weighted by Gasteiger charge is -2.50. The summed E-state index contributed by atoms with van der Waals surface area (Å²) >= 11 is 0. The largest absolute Gasteiger partial charge is 0.505 e. The maximum Gasteiger partial charge on any atom is 0.269 e. The van der Waals surface area contributed by atoms with E-state index in [0.29, 0.717) is 11.4 Å². The second-order valence-electron chi connectivity index (χ2n) is 5.50. The van der Waals surface area contributed by atoms with E-state index in [0.717, 1.165) is 32.2 Å². The van der Waals surface area contributed by atoms with Crippen molar-refractivity contribution in [3.05, 3.63) is 12.4 Å². The van der Waals surface area contributed by atoms with E-state index >= 15 is 0 Å². The third kappa shape index (κ3) is 1.90. The molecule has 18 heavy (non-hydrogen) atoms. The second kappa shape index (κ2) is 4.16. The van der Waals surface area contributed by atoms with Gasteiger partial charge in [-0.15, -0.1) is 0 Å². The number of piperidine rings is 1. The molecule has 6 heteroatoms. The Kier molecular flexibility index (Phi) is 2.62. The molecule has 2 aliphatic rings. The number of anilines is 1. The predicted molar refractivity (Wildman–Crippen MR) is 68.6 cm³/mol. The van der Waals surface area contributed by atoms with Crippen molar-refractivity contribution in [2.24, 2.45) is 5.41 Å². The zero-order chi connectivity index (χ0) is 12.6. The number of hydrogen-bond donors (Lipinski definition) is 1. The molecule has 5 nitrogen and oxygen atoms in total. The van der Waals surface area contributed by atoms with Crippen LogP contribution in [0.1, 0.15) is 12.8 Å². The maximum atomic E-state index is 9.20. The molecule has 0 aliphatic carbocycles. The smallest absolute Gasteiger partial charge is 0.269 e. The number of nitrogens with zero attached hydrogens (tertiary/aromatic N) is 4. The van der Waals surface area contributed by atoms with Gasteiger partial charge in [-0.05, 0) is 18.3 Å². The van der Waals surface area contributed by atoms with Crippen molar-refractivity contribution < 1.29 is 5.11 Å². The molecule has 0 radical (unpaired) electrons. The Hall–Kier alpha value is -1.77. The van der Waals surface area contributed by atoms with E-state index in [2.05, 4.69) is 20.8 Å². The quantitative estimate of drug-likeness (QED) is 0.752. The maximum absolute atomic E-state index is 9.20. The number of aromatic hydroxyl groups is 1. The average molecular weight is 242 g/mol. The summed E-state index contributed by atoms with van der Waals surface area (Å²) in [5.41, 5.74) is 0.305. The third-order valence-electron chi connectivity index (χ3n) is 4.11. The van der Waals surface area contributed by atoms with Gasteiger partial charge < -0.3 is 10.0 Å². The van der Waals surface area contributed by atoms with Crippen LogP contribution < -0.4 is 4.90 Å². The lowest BCUT2D eigenvalue weighted by molar-refractivity contribution is 0.259. The SMILES string of the molecule is N#CB1CC2(CCCN(c3ncc(O)cn3)C2)C1. The van der Waals surface area contributed by atoms with E-state index in [1.165, 1.54) is 18.8 Å². The predicted octanol–water partition coefficient (Wildman–Crippen LogP) is 1.34. The van der Waals surface area contributed by atoms with Gasteiger partial charge in [-0.3, -0.25) is 0 Å². The first-order chi connectivity index (χ1) is 8.71. The molecule has 1 aromatic heterocycles. The van der Waals surface area contributed by atoms with E-state index < -0.39 is 0 Å². The summed E-state index contributed by atoms with van der Waals surface area (Å²) in [6.07, 6.45) is 7.23. The summed E-state index contributed by atoms with van der Waals surface area (Å²) in [5.74, 6) is 3.14. The molecule has 0 atom stereocenters. The minimum Gasteiger partial charge on any atom is -0.505 e. The molecular weight excluding hydrogens is 227 g/mol. The Balaban J connectivity index is 1.72. The van der Waals surface area contributed by atoms with Crippen molar-refractivity contribution >= 4 is 12.7 Å². The van der Waals surface area contributed by atoms with Crippen molar-refractivity contribution in [2.45, 2.75) is 25.5 Å². The Morgan fingerprint density at radius 2 is 2.11 bits per heavy atom. The van der Waals surface area contributed by atoms with Crippen molar-refractivity contribution in [2.75, 3.05) is 18.0 Å². The monoisotopic (exact) mass is 242 g/mol. The Morgan fingerprint density at radius 1 is 1.39 bits per heavy atom. The van der Waals surface area contributed by atoms with E-state index in [1.807, 2.05) is 0 Å². The number of aromatic nitrogens is 2. The fourth-order valence-corrected chi connectivity index (χ4v) is 3.27. The number of hydrogen-bond acceptors (Lipinski definition) is 5. The minimum absolute atomic E-state index is 0.0960. The molecule has 0 saturated carbocycles. The average Bonchev–Trinajstić information content (AvgIpc) is 2.37. The minimum atomic E-state index is 0.0960. The summed E-state index contributed by atoms with van der Waals surface area (Å²) in [7, 11) is 0. The molecule has 2 aliphatic heterocycles. The van der Waals surface area contributed by atoms with Crippen LogP contribution in [0, 0.1) is 16.6 Å². The normalized spacial score (nSPS) is 21.5. The molecule has 0 bridgehead atoms. The van der Waals surface area contributed by atoms with Crippen LogP contribution in [0.15, 0.2) is 12.4 Å². The van der Waals surface area contributed by atoms with E-state index in [9.17, 15) is 5.11 Å². The molecule has 0 aromatic carbocycles. The zero-order valence-electron chi connectivity index (χ0n) is 10.2. The highest BCUT2D eigenvalue weighted by Crippen LogP contribution is 2.48. The van der Waals surface area contributed by atoms with Crippen molar-refractivity contribution in [3.63, 3.8) is 0 Å². The van der Waals surface area contributed by atoms with Gasteiger partial charge in [0.25, 0.3) is 6.71 Å². The van der Waals surface area contributed by atoms with Gasteiger partial charge in [0.15, 0.2) is 5.75 Å². The molecule has 1 aromatic rings. The third-order valence-corrected chi connectivity index (χ3v) is 4.11. The van der Waals surface area contributed by atoms with Crippen LogP contribution in [0.3, 0.4) is 0 Å². The number of rotatable bonds is 1. The van der Waals surface area contributed by atoms with Crippen LogP contribution in [-0.4, -0.2) is 34.9 Å². The van der Waals surface area contributed by atoms with Crippen LogP contribution in [0.4, 0.5) is 5.95 Å². The van der Waals surface area contributed by atoms with Crippen molar-refractivity contribution in [1.82, 2.24) is 9.97 Å². The first-order valence-electron chi connectivity index (χ1n) is 6.36. The molecule has 92 valence electrons. The first kappa shape index (κ1) is 11.3. The van der Waals surface area contributed by atoms with Gasteiger partial charge in [-0.1, -0.05) is 12.6 Å². The molecule has 0 unspecified atom stereocenters. The standard InChI is InChI=1S/C12H15BN4O/c14-9-13-6-12(7-13)2-1-3-17(8-12)11-15-4-10(18)5-16-11/h4-5,18H,1-3,6-8H2. The molecule has 3 rings (SSSR count). The van der Waals surface area contributed by atoms with Crippen molar-refractivity contribution in [3.8, 4) is 11.7 Å². The molecular formula is C12H15BN4O. The Morgan fingerprint density at radius 3 is 2.78 bits per heavy atom. The fourth-order valence-electron chi connectivity index (χ4n) is 3.27. The van der Waals surface area contributed by atoms with E-state index in [1.54, 1.807) is 0 Å². The number of nitriles is 1. The van der Waals surface area contributed by atoms with Gasteiger partial charge in [0.05, 0.1) is 12.4 Å². The van der Waals surface area contributed by atoms with E-state index in [4.69, 9.17) is 5.26 Å². The van der Waals surface area contributed by atoms with Crippen LogP contribution in [0.2, 0.25) is 12.6 Å². The highest BCUT2D eigenvalue weighted by Gasteiger charge is 2.49. The van der Waals surface area contributed by atoms with Gasteiger partial charge in [0.2, 0.25) is 5.95 Å². The van der Waals surface area contributed by atoms with Gasteiger partial charge in [-0.25, -0.2) is 15.2 Å². The zero-order valence-corrected chi connectivity index (χ0v) is 10.2. The van der Waals surface area contributed by atoms with Gasteiger partial charge in [0, 0.05) is 19.1 Å². The summed E-state index contributed by atoms with van der Waals surface area (Å²) in [5, 5.41) is 18.1.